The Kier molecular flexibility index (Phi) is 5.55. The summed E-state index contributed by atoms with van der Waals surface area (Å²) in [5.74, 6) is 0.633. The minimum absolute atomic E-state index is 0.289. The molecule has 2 atom stereocenters. The van der Waals surface area contributed by atoms with Crippen molar-refractivity contribution in [1.82, 2.24) is 20.3 Å². The average Bonchev–Trinajstić information content (AvgIpc) is 2.54. The van der Waals surface area contributed by atoms with E-state index >= 15 is 0 Å². The van der Waals surface area contributed by atoms with Gasteiger partial charge in [-0.3, -0.25) is 0 Å². The molecule has 0 spiro atoms. The van der Waals surface area contributed by atoms with E-state index in [2.05, 4.69) is 39.0 Å². The molecule has 1 aliphatic heterocycles. The van der Waals surface area contributed by atoms with E-state index in [0.717, 1.165) is 25.9 Å². The molecule has 0 aromatic carbocycles. The van der Waals surface area contributed by atoms with Crippen molar-refractivity contribution in [2.45, 2.75) is 45.2 Å². The van der Waals surface area contributed by atoms with Gasteiger partial charge in [0.1, 0.15) is 0 Å². The number of piperidine rings is 1. The van der Waals surface area contributed by atoms with Gasteiger partial charge < -0.3 is 19.7 Å². The second-order valence-electron chi connectivity index (χ2n) is 5.21. The van der Waals surface area contributed by atoms with Gasteiger partial charge in [0.05, 0.1) is 14.2 Å². The van der Waals surface area contributed by atoms with Gasteiger partial charge in [0.2, 0.25) is 5.95 Å². The Hall–Kier alpha value is -1.63. The number of aromatic nitrogens is 3. The molecule has 1 N–H and O–H groups in total. The average molecular weight is 295 g/mol. The minimum Gasteiger partial charge on any atom is -0.467 e. The number of hydrogen-bond acceptors (Lipinski definition) is 7. The predicted octanol–water partition coefficient (Wildman–Crippen LogP) is 1.25. The standard InChI is InChI=1S/C14H25N5O2/c1-5-15-10(2)11-8-6-7-9-19(11)12-16-13(20-3)18-14(17-12)21-4/h10-11,15H,5-9H2,1-4H3. The minimum atomic E-state index is 0.289. The Bertz CT molecular complexity index is 435. The van der Waals surface area contributed by atoms with Crippen LogP contribution < -0.4 is 19.7 Å². The van der Waals surface area contributed by atoms with Gasteiger partial charge in [-0.2, -0.15) is 9.97 Å². The smallest absolute Gasteiger partial charge is 0.324 e. The van der Waals surface area contributed by atoms with E-state index in [-0.39, 0.29) is 12.0 Å². The second kappa shape index (κ2) is 7.40. The molecule has 118 valence electrons. The van der Waals surface area contributed by atoms with Gasteiger partial charge in [-0.1, -0.05) is 6.92 Å². The van der Waals surface area contributed by atoms with E-state index in [9.17, 15) is 0 Å². The van der Waals surface area contributed by atoms with Gasteiger partial charge in [-0.05, 0) is 32.7 Å². The molecular formula is C14H25N5O2. The third kappa shape index (κ3) is 3.72. The van der Waals surface area contributed by atoms with E-state index in [1.807, 2.05) is 0 Å². The summed E-state index contributed by atoms with van der Waals surface area (Å²) in [5, 5.41) is 3.50. The quantitative estimate of drug-likeness (QED) is 0.846. The number of anilines is 1. The van der Waals surface area contributed by atoms with Crippen LogP contribution in [0.2, 0.25) is 0 Å². The van der Waals surface area contributed by atoms with Crippen LogP contribution in [0, 0.1) is 0 Å². The molecule has 0 radical (unpaired) electrons. The Labute approximate surface area is 126 Å². The number of hydrogen-bond donors (Lipinski definition) is 1. The van der Waals surface area contributed by atoms with Crippen LogP contribution in [0.1, 0.15) is 33.1 Å². The first kappa shape index (κ1) is 15.8. The molecule has 1 saturated heterocycles. The van der Waals surface area contributed by atoms with Gasteiger partial charge in [0.25, 0.3) is 0 Å². The highest BCUT2D eigenvalue weighted by molar-refractivity contribution is 5.35. The molecule has 1 fully saturated rings. The number of nitrogens with zero attached hydrogens (tertiary/aromatic N) is 4. The second-order valence-corrected chi connectivity index (χ2v) is 5.21. The van der Waals surface area contributed by atoms with Crippen molar-refractivity contribution in [1.29, 1.82) is 0 Å². The number of ether oxygens (including phenoxy) is 2. The summed E-state index contributed by atoms with van der Waals surface area (Å²) >= 11 is 0. The summed E-state index contributed by atoms with van der Waals surface area (Å²) in [7, 11) is 3.10. The first-order valence-electron chi connectivity index (χ1n) is 7.53. The molecule has 2 heterocycles. The van der Waals surface area contributed by atoms with Crippen molar-refractivity contribution in [3.63, 3.8) is 0 Å². The van der Waals surface area contributed by atoms with E-state index in [1.165, 1.54) is 6.42 Å². The van der Waals surface area contributed by atoms with Gasteiger partial charge in [0.15, 0.2) is 0 Å². The third-order valence-corrected chi connectivity index (χ3v) is 3.86. The van der Waals surface area contributed by atoms with Crippen molar-refractivity contribution in [3.8, 4) is 12.0 Å². The molecule has 1 aromatic heterocycles. The number of nitrogens with one attached hydrogen (secondary N) is 1. The van der Waals surface area contributed by atoms with Crippen LogP contribution >= 0.6 is 0 Å². The lowest BCUT2D eigenvalue weighted by Gasteiger charge is -2.39. The van der Waals surface area contributed by atoms with Crippen LogP contribution in [0.3, 0.4) is 0 Å². The highest BCUT2D eigenvalue weighted by Gasteiger charge is 2.29. The Morgan fingerprint density at radius 2 is 1.86 bits per heavy atom. The topological polar surface area (TPSA) is 72.4 Å². The van der Waals surface area contributed by atoms with E-state index in [4.69, 9.17) is 9.47 Å². The lowest BCUT2D eigenvalue weighted by Crippen LogP contribution is -2.51. The van der Waals surface area contributed by atoms with Crippen LogP contribution in [0.5, 0.6) is 12.0 Å². The Morgan fingerprint density at radius 3 is 2.43 bits per heavy atom. The maximum absolute atomic E-state index is 5.15. The summed E-state index contributed by atoms with van der Waals surface area (Å²) < 4.78 is 10.3. The molecule has 0 saturated carbocycles. The van der Waals surface area contributed by atoms with E-state index in [1.54, 1.807) is 14.2 Å². The maximum Gasteiger partial charge on any atom is 0.324 e. The normalized spacial score (nSPS) is 20.2. The number of likely N-dealkylation sites (N-methyl/N-ethyl adjacent to an activating group) is 1. The molecule has 21 heavy (non-hydrogen) atoms. The van der Waals surface area contributed by atoms with Crippen molar-refractivity contribution in [3.05, 3.63) is 0 Å². The Morgan fingerprint density at radius 1 is 1.19 bits per heavy atom. The molecule has 0 aliphatic carbocycles. The zero-order valence-electron chi connectivity index (χ0n) is 13.3. The van der Waals surface area contributed by atoms with Crippen molar-refractivity contribution in [2.24, 2.45) is 0 Å². The molecule has 1 aromatic rings. The first-order chi connectivity index (χ1) is 10.2. The fourth-order valence-corrected chi connectivity index (χ4v) is 2.82. The molecular weight excluding hydrogens is 270 g/mol. The fourth-order valence-electron chi connectivity index (χ4n) is 2.82. The van der Waals surface area contributed by atoms with Crippen molar-refractivity contribution in [2.75, 3.05) is 32.2 Å². The monoisotopic (exact) mass is 295 g/mol. The largest absolute Gasteiger partial charge is 0.467 e. The zero-order chi connectivity index (χ0) is 15.2. The fraction of sp³-hybridized carbons (Fsp3) is 0.786. The van der Waals surface area contributed by atoms with Crippen LogP contribution in [-0.4, -0.2) is 54.3 Å². The molecule has 7 nitrogen and oxygen atoms in total. The molecule has 1 aliphatic rings. The zero-order valence-corrected chi connectivity index (χ0v) is 13.3. The lowest BCUT2D eigenvalue weighted by atomic mass is 9.97. The van der Waals surface area contributed by atoms with Gasteiger partial charge in [0, 0.05) is 18.6 Å². The van der Waals surface area contributed by atoms with Crippen LogP contribution in [0.15, 0.2) is 0 Å². The summed E-state index contributed by atoms with van der Waals surface area (Å²) in [5.41, 5.74) is 0. The maximum atomic E-state index is 5.15. The molecule has 0 bridgehead atoms. The first-order valence-corrected chi connectivity index (χ1v) is 7.53. The Balaban J connectivity index is 2.27. The molecule has 7 heteroatoms. The number of rotatable bonds is 6. The summed E-state index contributed by atoms with van der Waals surface area (Å²) in [4.78, 5) is 15.1. The van der Waals surface area contributed by atoms with Crippen molar-refractivity contribution < 1.29 is 9.47 Å². The number of methoxy groups -OCH3 is 2. The third-order valence-electron chi connectivity index (χ3n) is 3.86. The molecule has 2 rings (SSSR count). The lowest BCUT2D eigenvalue weighted by molar-refractivity contribution is 0.331. The van der Waals surface area contributed by atoms with Crippen LogP contribution in [-0.2, 0) is 0 Å². The predicted molar refractivity (Wildman–Crippen MR) is 81.1 cm³/mol. The molecule has 2 unspecified atom stereocenters. The van der Waals surface area contributed by atoms with Crippen LogP contribution in [0.4, 0.5) is 5.95 Å². The van der Waals surface area contributed by atoms with Crippen LogP contribution in [0.25, 0.3) is 0 Å². The van der Waals surface area contributed by atoms with Gasteiger partial charge >= 0.3 is 12.0 Å². The van der Waals surface area contributed by atoms with Crippen molar-refractivity contribution >= 4 is 5.95 Å². The highest BCUT2D eigenvalue weighted by atomic mass is 16.5. The summed E-state index contributed by atoms with van der Waals surface area (Å²) in [6, 6.07) is 1.33. The molecule has 0 amide bonds. The van der Waals surface area contributed by atoms with Gasteiger partial charge in [-0.25, -0.2) is 0 Å². The van der Waals surface area contributed by atoms with Gasteiger partial charge in [-0.15, -0.1) is 4.98 Å². The SMILES string of the molecule is CCNC(C)C1CCCCN1c1nc(OC)nc(OC)n1. The summed E-state index contributed by atoms with van der Waals surface area (Å²) in [6.07, 6.45) is 3.51. The van der Waals surface area contributed by atoms with E-state index < -0.39 is 0 Å². The highest BCUT2D eigenvalue weighted by Crippen LogP contribution is 2.26. The van der Waals surface area contributed by atoms with E-state index in [0.29, 0.717) is 18.0 Å². The summed E-state index contributed by atoms with van der Waals surface area (Å²) in [6.45, 7) is 6.23.